The topological polar surface area (TPSA) is 49.0 Å². The molecule has 0 aliphatic heterocycles. The Kier molecular flexibility index (Phi) is 4.26. The Morgan fingerprint density at radius 2 is 1.73 bits per heavy atom. The number of rotatable bonds is 5. The smallest absolute Gasteiger partial charge is 0.254 e. The molecule has 3 aliphatic carbocycles. The molecule has 2 fully saturated rings. The van der Waals surface area contributed by atoms with Crippen LogP contribution in [0.25, 0.3) is 11.1 Å². The van der Waals surface area contributed by atoms with Gasteiger partial charge in [0.05, 0.1) is 6.20 Å². The van der Waals surface area contributed by atoms with Crippen LogP contribution in [0.1, 0.15) is 65.2 Å². The zero-order valence-electron chi connectivity index (χ0n) is 17.2. The van der Waals surface area contributed by atoms with Crippen LogP contribution in [0, 0.1) is 0 Å². The van der Waals surface area contributed by atoms with E-state index in [0.29, 0.717) is 12.0 Å². The quantitative estimate of drug-likeness (QED) is 0.650. The Balaban J connectivity index is 1.25. The number of carbonyl (C=O) groups is 1. The van der Waals surface area contributed by atoms with E-state index in [1.54, 1.807) is 0 Å². The highest BCUT2D eigenvalue weighted by Crippen LogP contribution is 2.44. The number of aromatic amines is 1. The summed E-state index contributed by atoms with van der Waals surface area (Å²) in [5.74, 6) is 0.906. The number of nitrogens with one attached hydrogen (secondary N) is 1. The first kappa shape index (κ1) is 17.9. The Bertz CT molecular complexity index is 1080. The summed E-state index contributed by atoms with van der Waals surface area (Å²) in [5.41, 5.74) is 7.32. The van der Waals surface area contributed by atoms with Gasteiger partial charge in [-0.15, -0.1) is 0 Å². The standard InChI is InChI=1S/C26H27N3O/c30-26(29(21-11-12-21)22-13-14-25-20(15-22)16-27-28-25)19-9-7-18(8-10-19)24-4-2-1-3-23(24)17-5-6-17/h1-4,7-10,16-17,21-22H,5-6,11-15H2,(H,27,28). The zero-order chi connectivity index (χ0) is 20.1. The molecule has 2 aromatic carbocycles. The van der Waals surface area contributed by atoms with Gasteiger partial charge in [-0.1, -0.05) is 36.4 Å². The third kappa shape index (κ3) is 3.24. The van der Waals surface area contributed by atoms with Crippen molar-refractivity contribution in [2.45, 2.75) is 62.9 Å². The minimum Gasteiger partial charge on any atom is -0.332 e. The highest BCUT2D eigenvalue weighted by atomic mass is 16.2. The molecule has 0 saturated heterocycles. The Morgan fingerprint density at radius 1 is 0.933 bits per heavy atom. The normalized spacial score (nSPS) is 20.6. The van der Waals surface area contributed by atoms with E-state index < -0.39 is 0 Å². The average molecular weight is 398 g/mol. The predicted molar refractivity (Wildman–Crippen MR) is 117 cm³/mol. The Morgan fingerprint density at radius 3 is 2.50 bits per heavy atom. The molecule has 0 radical (unpaired) electrons. The molecule has 1 atom stereocenters. The fraction of sp³-hybridized carbons (Fsp3) is 0.385. The molecule has 1 unspecified atom stereocenters. The molecule has 152 valence electrons. The van der Waals surface area contributed by atoms with Crippen molar-refractivity contribution >= 4 is 5.91 Å². The van der Waals surface area contributed by atoms with Crippen LogP contribution in [-0.2, 0) is 12.8 Å². The first-order valence-electron chi connectivity index (χ1n) is 11.3. The van der Waals surface area contributed by atoms with E-state index in [9.17, 15) is 4.79 Å². The molecule has 4 nitrogen and oxygen atoms in total. The van der Waals surface area contributed by atoms with Crippen molar-refractivity contribution in [1.29, 1.82) is 0 Å². The molecule has 0 bridgehead atoms. The van der Waals surface area contributed by atoms with Gasteiger partial charge in [-0.3, -0.25) is 9.89 Å². The molecule has 1 aromatic heterocycles. The summed E-state index contributed by atoms with van der Waals surface area (Å²) in [6.45, 7) is 0. The van der Waals surface area contributed by atoms with Crippen LogP contribution in [0.4, 0.5) is 0 Å². The Hall–Kier alpha value is -2.88. The van der Waals surface area contributed by atoms with Gasteiger partial charge < -0.3 is 4.90 Å². The summed E-state index contributed by atoms with van der Waals surface area (Å²) in [6.07, 6.45) is 9.70. The van der Waals surface area contributed by atoms with Crippen molar-refractivity contribution in [3.05, 3.63) is 77.1 Å². The molecule has 3 aliphatic rings. The van der Waals surface area contributed by atoms with E-state index in [0.717, 1.165) is 37.7 Å². The molecule has 1 N–H and O–H groups in total. The summed E-state index contributed by atoms with van der Waals surface area (Å²) in [4.78, 5) is 15.7. The number of carbonyl (C=O) groups excluding carboxylic acids is 1. The zero-order valence-corrected chi connectivity index (χ0v) is 17.2. The van der Waals surface area contributed by atoms with E-state index in [4.69, 9.17) is 0 Å². The maximum absolute atomic E-state index is 13.5. The maximum Gasteiger partial charge on any atom is 0.254 e. The molecule has 30 heavy (non-hydrogen) atoms. The molecule has 4 heteroatoms. The van der Waals surface area contributed by atoms with Crippen molar-refractivity contribution in [1.82, 2.24) is 15.1 Å². The second kappa shape index (κ2) is 7.12. The van der Waals surface area contributed by atoms with Gasteiger partial charge in [0, 0.05) is 23.3 Å². The monoisotopic (exact) mass is 397 g/mol. The van der Waals surface area contributed by atoms with Crippen LogP contribution in [0.5, 0.6) is 0 Å². The van der Waals surface area contributed by atoms with E-state index in [1.807, 2.05) is 18.3 Å². The van der Waals surface area contributed by atoms with E-state index in [-0.39, 0.29) is 11.9 Å². The molecular weight excluding hydrogens is 370 g/mol. The molecule has 1 heterocycles. The maximum atomic E-state index is 13.5. The molecule has 3 aromatic rings. The summed E-state index contributed by atoms with van der Waals surface area (Å²) in [6, 6.07) is 17.7. The summed E-state index contributed by atoms with van der Waals surface area (Å²) in [7, 11) is 0. The SMILES string of the molecule is O=C(c1ccc(-c2ccccc2C2CC2)cc1)N(C1CC1)C1CCc2[nH]ncc2C1. The number of aromatic nitrogens is 2. The second-order valence-electron chi connectivity index (χ2n) is 9.15. The van der Waals surface area contributed by atoms with Crippen LogP contribution in [-0.4, -0.2) is 33.1 Å². The largest absolute Gasteiger partial charge is 0.332 e. The highest BCUT2D eigenvalue weighted by molar-refractivity contribution is 5.95. The number of H-pyrrole nitrogens is 1. The van der Waals surface area contributed by atoms with Gasteiger partial charge in [-0.2, -0.15) is 5.10 Å². The highest BCUT2D eigenvalue weighted by Gasteiger charge is 2.39. The number of nitrogens with zero attached hydrogens (tertiary/aromatic N) is 2. The third-order valence-corrected chi connectivity index (χ3v) is 6.98. The van der Waals surface area contributed by atoms with Crippen molar-refractivity contribution in [3.63, 3.8) is 0 Å². The summed E-state index contributed by atoms with van der Waals surface area (Å²) >= 11 is 0. The number of amides is 1. The lowest BCUT2D eigenvalue weighted by atomic mass is 9.91. The van der Waals surface area contributed by atoms with Crippen LogP contribution in [0.2, 0.25) is 0 Å². The van der Waals surface area contributed by atoms with Gasteiger partial charge in [0.15, 0.2) is 0 Å². The molecule has 0 spiro atoms. The molecule has 6 rings (SSSR count). The van der Waals surface area contributed by atoms with Gasteiger partial charge in [-0.05, 0) is 85.3 Å². The van der Waals surface area contributed by atoms with E-state index >= 15 is 0 Å². The lowest BCUT2D eigenvalue weighted by Crippen LogP contribution is -2.44. The second-order valence-corrected chi connectivity index (χ2v) is 9.15. The lowest BCUT2D eigenvalue weighted by Gasteiger charge is -2.34. The van der Waals surface area contributed by atoms with Crippen molar-refractivity contribution < 1.29 is 4.79 Å². The minimum absolute atomic E-state index is 0.191. The lowest BCUT2D eigenvalue weighted by molar-refractivity contribution is 0.0643. The van der Waals surface area contributed by atoms with Crippen LogP contribution in [0.3, 0.4) is 0 Å². The average Bonchev–Trinajstić information content (AvgIpc) is 3.72. The first-order chi connectivity index (χ1) is 14.8. The molecule has 2 saturated carbocycles. The molecular formula is C26H27N3O. The fourth-order valence-electron chi connectivity index (χ4n) is 5.07. The van der Waals surface area contributed by atoms with Gasteiger partial charge in [0.2, 0.25) is 0 Å². The summed E-state index contributed by atoms with van der Waals surface area (Å²) < 4.78 is 0. The number of hydrogen-bond donors (Lipinski definition) is 1. The minimum atomic E-state index is 0.191. The van der Waals surface area contributed by atoms with Crippen molar-refractivity contribution in [2.24, 2.45) is 0 Å². The van der Waals surface area contributed by atoms with E-state index in [2.05, 4.69) is 51.5 Å². The van der Waals surface area contributed by atoms with E-state index in [1.165, 1.54) is 40.8 Å². The fourth-order valence-corrected chi connectivity index (χ4v) is 5.07. The number of hydrogen-bond acceptors (Lipinski definition) is 2. The van der Waals surface area contributed by atoms with Crippen LogP contribution >= 0.6 is 0 Å². The first-order valence-corrected chi connectivity index (χ1v) is 11.3. The van der Waals surface area contributed by atoms with Gasteiger partial charge in [-0.25, -0.2) is 0 Å². The van der Waals surface area contributed by atoms with Gasteiger partial charge in [0.25, 0.3) is 5.91 Å². The number of fused-ring (bicyclic) bond motifs is 1. The van der Waals surface area contributed by atoms with Crippen LogP contribution in [0.15, 0.2) is 54.7 Å². The number of benzene rings is 2. The third-order valence-electron chi connectivity index (χ3n) is 6.98. The van der Waals surface area contributed by atoms with Gasteiger partial charge >= 0.3 is 0 Å². The van der Waals surface area contributed by atoms with Crippen LogP contribution < -0.4 is 0 Å². The number of aryl methyl sites for hydroxylation is 1. The molecule has 1 amide bonds. The Labute approximate surface area is 177 Å². The predicted octanol–water partition coefficient (Wildman–Crippen LogP) is 5.12. The summed E-state index contributed by atoms with van der Waals surface area (Å²) in [5, 5.41) is 7.30. The van der Waals surface area contributed by atoms with Gasteiger partial charge in [0.1, 0.15) is 0 Å². The van der Waals surface area contributed by atoms with Crippen molar-refractivity contribution in [2.75, 3.05) is 0 Å². The van der Waals surface area contributed by atoms with Crippen molar-refractivity contribution in [3.8, 4) is 11.1 Å².